The van der Waals surface area contributed by atoms with Crippen LogP contribution in [0.25, 0.3) is 5.69 Å². The van der Waals surface area contributed by atoms with Crippen LogP contribution in [0, 0.1) is 11.3 Å². The van der Waals surface area contributed by atoms with E-state index in [0.29, 0.717) is 46.2 Å². The summed E-state index contributed by atoms with van der Waals surface area (Å²) in [5.74, 6) is 3.64. The van der Waals surface area contributed by atoms with Gasteiger partial charge in [0.2, 0.25) is 11.0 Å². The van der Waals surface area contributed by atoms with Crippen LogP contribution < -0.4 is 24.8 Å². The SMILES string of the molecule is CC.COc1cc(-n2cnc(Nc3nc(Cl)nc(NCC4CCCCC4)c3C=N)c2)cc(OC)c1OC. The van der Waals surface area contributed by atoms with Crippen molar-refractivity contribution >= 4 is 35.3 Å². The number of nitrogens with zero attached hydrogens (tertiary/aromatic N) is 4. The van der Waals surface area contributed by atoms with Gasteiger partial charge < -0.3 is 34.8 Å². The fourth-order valence-corrected chi connectivity index (χ4v) is 4.48. The maximum absolute atomic E-state index is 7.96. The van der Waals surface area contributed by atoms with Gasteiger partial charge >= 0.3 is 0 Å². The number of imidazole rings is 1. The molecule has 1 aliphatic carbocycles. The largest absolute Gasteiger partial charge is 0.493 e. The van der Waals surface area contributed by atoms with Crippen molar-refractivity contribution in [1.29, 1.82) is 5.41 Å². The fourth-order valence-electron chi connectivity index (χ4n) is 4.31. The van der Waals surface area contributed by atoms with Crippen LogP contribution in [0.2, 0.25) is 5.28 Å². The Hall–Kier alpha value is -3.53. The summed E-state index contributed by atoms with van der Waals surface area (Å²) in [7, 11) is 4.70. The van der Waals surface area contributed by atoms with Crippen molar-refractivity contribution < 1.29 is 14.2 Å². The van der Waals surface area contributed by atoms with E-state index >= 15 is 0 Å². The number of methoxy groups -OCH3 is 3. The molecule has 0 saturated heterocycles. The van der Waals surface area contributed by atoms with Crippen LogP contribution in [-0.2, 0) is 0 Å². The molecule has 200 valence electrons. The van der Waals surface area contributed by atoms with Crippen LogP contribution in [0.3, 0.4) is 0 Å². The first-order chi connectivity index (χ1) is 18.1. The number of rotatable bonds is 10. The Morgan fingerprint density at radius 1 is 1.03 bits per heavy atom. The predicted molar refractivity (Wildman–Crippen MR) is 148 cm³/mol. The monoisotopic (exact) mass is 529 g/mol. The lowest BCUT2D eigenvalue weighted by atomic mass is 9.89. The molecule has 1 aliphatic rings. The first-order valence-electron chi connectivity index (χ1n) is 12.5. The average Bonchev–Trinajstić information content (AvgIpc) is 3.41. The standard InChI is InChI=1S/C24H30ClN7O3.C2H6/c1-33-18-9-16(10-19(34-2)21(18)35-3)32-13-20(28-14-32)29-23-17(11-26)22(30-24(25)31-23)27-12-15-7-5-4-6-8-15;1-2/h9-11,13-15,26H,4-8,12H2,1-3H3,(H2,27,29,30,31);1-2H3. The number of aromatic nitrogens is 4. The number of ether oxygens (including phenoxy) is 3. The van der Waals surface area contributed by atoms with Gasteiger partial charge in [-0.05, 0) is 30.4 Å². The third-order valence-corrected chi connectivity index (χ3v) is 6.29. The van der Waals surface area contributed by atoms with Crippen LogP contribution in [0.15, 0.2) is 24.7 Å². The molecule has 11 heteroatoms. The van der Waals surface area contributed by atoms with Crippen molar-refractivity contribution in [2.24, 2.45) is 5.92 Å². The lowest BCUT2D eigenvalue weighted by molar-refractivity contribution is 0.324. The summed E-state index contributed by atoms with van der Waals surface area (Å²) < 4.78 is 18.1. The molecule has 0 aliphatic heterocycles. The lowest BCUT2D eigenvalue weighted by Crippen LogP contribution is -2.19. The molecular formula is C26H36ClN7O3. The van der Waals surface area contributed by atoms with E-state index in [-0.39, 0.29) is 5.28 Å². The maximum atomic E-state index is 7.96. The van der Waals surface area contributed by atoms with Gasteiger partial charge in [0, 0.05) is 24.9 Å². The Balaban J connectivity index is 0.00000186. The van der Waals surface area contributed by atoms with E-state index < -0.39 is 0 Å². The Morgan fingerprint density at radius 2 is 1.68 bits per heavy atom. The molecule has 2 heterocycles. The zero-order valence-corrected chi connectivity index (χ0v) is 22.9. The van der Waals surface area contributed by atoms with Crippen molar-refractivity contribution in [2.45, 2.75) is 46.0 Å². The Labute approximate surface area is 223 Å². The van der Waals surface area contributed by atoms with Crippen molar-refractivity contribution in [3.05, 3.63) is 35.5 Å². The minimum absolute atomic E-state index is 0.0910. The summed E-state index contributed by atoms with van der Waals surface area (Å²) in [5, 5.41) is 14.6. The molecule has 0 atom stereocenters. The number of benzene rings is 1. The van der Waals surface area contributed by atoms with Crippen molar-refractivity contribution in [2.75, 3.05) is 38.5 Å². The van der Waals surface area contributed by atoms with E-state index in [1.54, 1.807) is 33.9 Å². The molecule has 37 heavy (non-hydrogen) atoms. The highest BCUT2D eigenvalue weighted by molar-refractivity contribution is 6.28. The van der Waals surface area contributed by atoms with Gasteiger partial charge in [-0.25, -0.2) is 4.98 Å². The van der Waals surface area contributed by atoms with Crippen LogP contribution in [0.4, 0.5) is 17.5 Å². The summed E-state index contributed by atoms with van der Waals surface area (Å²) >= 11 is 6.22. The van der Waals surface area contributed by atoms with E-state index in [9.17, 15) is 0 Å². The maximum Gasteiger partial charge on any atom is 0.226 e. The molecule has 0 radical (unpaired) electrons. The van der Waals surface area contributed by atoms with E-state index in [4.69, 9.17) is 31.2 Å². The smallest absolute Gasteiger partial charge is 0.226 e. The summed E-state index contributed by atoms with van der Waals surface area (Å²) in [4.78, 5) is 13.1. The topological polar surface area (TPSA) is 119 Å². The molecule has 0 spiro atoms. The molecule has 1 fully saturated rings. The third kappa shape index (κ3) is 6.82. The molecule has 0 amide bonds. The molecule has 1 saturated carbocycles. The van der Waals surface area contributed by atoms with Crippen LogP contribution in [0.1, 0.15) is 51.5 Å². The van der Waals surface area contributed by atoms with Crippen LogP contribution in [0.5, 0.6) is 17.2 Å². The van der Waals surface area contributed by atoms with Gasteiger partial charge in [-0.1, -0.05) is 33.1 Å². The number of nitrogens with one attached hydrogen (secondary N) is 3. The van der Waals surface area contributed by atoms with Crippen molar-refractivity contribution in [3.8, 4) is 22.9 Å². The molecule has 4 rings (SSSR count). The van der Waals surface area contributed by atoms with Crippen LogP contribution in [-0.4, -0.2) is 53.6 Å². The zero-order chi connectivity index (χ0) is 26.8. The molecule has 3 aromatic rings. The van der Waals surface area contributed by atoms with E-state index in [0.717, 1.165) is 12.2 Å². The lowest BCUT2D eigenvalue weighted by Gasteiger charge is -2.22. The molecular weight excluding hydrogens is 494 g/mol. The highest BCUT2D eigenvalue weighted by Crippen LogP contribution is 2.39. The summed E-state index contributed by atoms with van der Waals surface area (Å²) in [6.07, 6.45) is 10.9. The van der Waals surface area contributed by atoms with Gasteiger partial charge in [0.1, 0.15) is 23.8 Å². The highest BCUT2D eigenvalue weighted by atomic mass is 35.5. The Morgan fingerprint density at radius 3 is 2.27 bits per heavy atom. The van der Waals surface area contributed by atoms with Gasteiger partial charge in [0.25, 0.3) is 0 Å². The first-order valence-corrected chi connectivity index (χ1v) is 12.9. The molecule has 3 N–H and O–H groups in total. The second-order valence-electron chi connectivity index (χ2n) is 8.31. The minimum atomic E-state index is 0.0910. The van der Waals surface area contributed by atoms with Crippen molar-refractivity contribution in [3.63, 3.8) is 0 Å². The van der Waals surface area contributed by atoms with Crippen molar-refractivity contribution in [1.82, 2.24) is 19.5 Å². The molecule has 0 unspecified atom stereocenters. The van der Waals surface area contributed by atoms with Gasteiger partial charge in [0.05, 0.1) is 38.8 Å². The van der Waals surface area contributed by atoms with Crippen LogP contribution >= 0.6 is 11.6 Å². The zero-order valence-electron chi connectivity index (χ0n) is 22.1. The van der Waals surface area contributed by atoms with Gasteiger partial charge in [-0.2, -0.15) is 9.97 Å². The summed E-state index contributed by atoms with van der Waals surface area (Å²) in [5.41, 5.74) is 1.29. The third-order valence-electron chi connectivity index (χ3n) is 6.12. The van der Waals surface area contributed by atoms with E-state index in [1.807, 2.05) is 30.5 Å². The van der Waals surface area contributed by atoms with Gasteiger partial charge in [-0.15, -0.1) is 0 Å². The highest BCUT2D eigenvalue weighted by Gasteiger charge is 2.18. The summed E-state index contributed by atoms with van der Waals surface area (Å²) in [6.45, 7) is 4.80. The molecule has 0 bridgehead atoms. The Kier molecular flexibility index (Phi) is 10.4. The van der Waals surface area contributed by atoms with E-state index in [2.05, 4.69) is 25.6 Å². The normalized spacial score (nSPS) is 13.2. The summed E-state index contributed by atoms with van der Waals surface area (Å²) in [6, 6.07) is 3.65. The predicted octanol–water partition coefficient (Wildman–Crippen LogP) is 6.10. The number of hydrogen-bond acceptors (Lipinski definition) is 9. The second-order valence-corrected chi connectivity index (χ2v) is 8.65. The molecule has 10 nitrogen and oxygen atoms in total. The van der Waals surface area contributed by atoms with Gasteiger partial charge in [-0.3, -0.25) is 0 Å². The number of halogens is 1. The van der Waals surface area contributed by atoms with Gasteiger partial charge in [0.15, 0.2) is 11.5 Å². The van der Waals surface area contributed by atoms with E-state index in [1.165, 1.54) is 38.3 Å². The fraction of sp³-hybridized carbons (Fsp3) is 0.462. The molecule has 2 aromatic heterocycles. The average molecular weight is 530 g/mol. The molecule has 1 aromatic carbocycles. The quantitative estimate of drug-likeness (QED) is 0.213. The first kappa shape index (κ1) is 28.0. The number of anilines is 3. The Bertz CT molecular complexity index is 1150. The second kappa shape index (κ2) is 13.7. The number of hydrogen-bond donors (Lipinski definition) is 3. The minimum Gasteiger partial charge on any atom is -0.493 e.